The molecule has 0 atom stereocenters. The van der Waals surface area contributed by atoms with Gasteiger partial charge in [0.2, 0.25) is 0 Å². The van der Waals surface area contributed by atoms with Crippen LogP contribution >= 0.6 is 0 Å². The third-order valence-electron chi connectivity index (χ3n) is 2.69. The number of nitrogens with zero attached hydrogens (tertiary/aromatic N) is 3. The molecule has 0 radical (unpaired) electrons. The first-order valence-corrected chi connectivity index (χ1v) is 5.05. The molecule has 1 aromatic heterocycles. The van der Waals surface area contributed by atoms with E-state index in [9.17, 15) is 0 Å². The summed E-state index contributed by atoms with van der Waals surface area (Å²) in [5.41, 5.74) is 6.85. The molecule has 1 saturated heterocycles. The van der Waals surface area contributed by atoms with Gasteiger partial charge in [-0.15, -0.1) is 0 Å². The normalized spacial score (nSPS) is 18.6. The van der Waals surface area contributed by atoms with Crippen molar-refractivity contribution >= 4 is 5.82 Å². The van der Waals surface area contributed by atoms with Crippen LogP contribution in [0.3, 0.4) is 0 Å². The minimum Gasteiger partial charge on any atom is -0.355 e. The van der Waals surface area contributed by atoms with Gasteiger partial charge in [0, 0.05) is 31.5 Å². The number of aryl methyl sites for hydroxylation is 1. The Morgan fingerprint density at radius 2 is 1.93 bits per heavy atom. The molecule has 4 nitrogen and oxygen atoms in total. The van der Waals surface area contributed by atoms with Gasteiger partial charge in [0.25, 0.3) is 0 Å². The van der Waals surface area contributed by atoms with Gasteiger partial charge in [-0.2, -0.15) is 0 Å². The van der Waals surface area contributed by atoms with Gasteiger partial charge in [-0.3, -0.25) is 4.98 Å². The van der Waals surface area contributed by atoms with E-state index in [1.165, 1.54) is 0 Å². The highest BCUT2D eigenvalue weighted by molar-refractivity contribution is 5.42. The fourth-order valence-corrected chi connectivity index (χ4v) is 1.82. The number of anilines is 1. The molecule has 0 saturated carbocycles. The maximum atomic E-state index is 5.85. The van der Waals surface area contributed by atoms with Crippen molar-refractivity contribution in [3.8, 4) is 0 Å². The third kappa shape index (κ3) is 1.85. The number of rotatable bonds is 1. The second-order valence-corrected chi connectivity index (χ2v) is 3.79. The molecule has 0 aromatic carbocycles. The SMILES string of the molecule is Cc1nccnc1N1CCC(N)CC1. The smallest absolute Gasteiger partial charge is 0.150 e. The summed E-state index contributed by atoms with van der Waals surface area (Å²) < 4.78 is 0. The standard InChI is InChI=1S/C10H16N4/c1-8-10(13-5-4-12-8)14-6-2-9(11)3-7-14/h4-5,9H,2-3,6-7,11H2,1H3. The maximum absolute atomic E-state index is 5.85. The summed E-state index contributed by atoms with van der Waals surface area (Å²) in [6, 6.07) is 0.364. The summed E-state index contributed by atoms with van der Waals surface area (Å²) >= 11 is 0. The molecule has 2 N–H and O–H groups in total. The molecule has 1 aliphatic rings. The lowest BCUT2D eigenvalue weighted by Crippen LogP contribution is -2.40. The molecule has 0 amide bonds. The van der Waals surface area contributed by atoms with Crippen LogP contribution in [0.4, 0.5) is 5.82 Å². The van der Waals surface area contributed by atoms with Crippen LogP contribution in [0.25, 0.3) is 0 Å². The highest BCUT2D eigenvalue weighted by atomic mass is 15.2. The van der Waals surface area contributed by atoms with Gasteiger partial charge in [-0.25, -0.2) is 4.98 Å². The quantitative estimate of drug-likeness (QED) is 0.712. The van der Waals surface area contributed by atoms with Gasteiger partial charge < -0.3 is 10.6 Å². The Balaban J connectivity index is 2.12. The molecule has 2 heterocycles. The molecule has 1 aromatic rings. The lowest BCUT2D eigenvalue weighted by molar-refractivity contribution is 0.497. The van der Waals surface area contributed by atoms with Crippen molar-refractivity contribution < 1.29 is 0 Å². The van der Waals surface area contributed by atoms with Crippen molar-refractivity contribution in [2.24, 2.45) is 5.73 Å². The maximum Gasteiger partial charge on any atom is 0.150 e. The average Bonchev–Trinajstić information content (AvgIpc) is 2.20. The molecule has 2 rings (SSSR count). The van der Waals surface area contributed by atoms with Gasteiger partial charge in [0.15, 0.2) is 0 Å². The number of hydrogen-bond donors (Lipinski definition) is 1. The Kier molecular flexibility index (Phi) is 2.63. The van der Waals surface area contributed by atoms with Crippen LogP contribution < -0.4 is 10.6 Å². The molecule has 76 valence electrons. The lowest BCUT2D eigenvalue weighted by Gasteiger charge is -2.31. The zero-order chi connectivity index (χ0) is 9.97. The summed E-state index contributed by atoms with van der Waals surface area (Å²) in [6.45, 7) is 4.00. The van der Waals surface area contributed by atoms with Crippen molar-refractivity contribution in [1.29, 1.82) is 0 Å². The van der Waals surface area contributed by atoms with Crippen molar-refractivity contribution in [3.63, 3.8) is 0 Å². The van der Waals surface area contributed by atoms with Crippen LogP contribution in [0, 0.1) is 6.92 Å². The number of nitrogens with two attached hydrogens (primary N) is 1. The molecular weight excluding hydrogens is 176 g/mol. The highest BCUT2D eigenvalue weighted by Gasteiger charge is 2.18. The zero-order valence-corrected chi connectivity index (χ0v) is 8.48. The third-order valence-corrected chi connectivity index (χ3v) is 2.69. The number of hydrogen-bond acceptors (Lipinski definition) is 4. The van der Waals surface area contributed by atoms with Gasteiger partial charge in [0.05, 0.1) is 5.69 Å². The first kappa shape index (κ1) is 9.40. The minimum absolute atomic E-state index is 0.364. The number of piperidine rings is 1. The summed E-state index contributed by atoms with van der Waals surface area (Å²) in [5, 5.41) is 0. The first-order chi connectivity index (χ1) is 6.77. The predicted molar refractivity (Wildman–Crippen MR) is 56.2 cm³/mol. The Morgan fingerprint density at radius 3 is 2.57 bits per heavy atom. The van der Waals surface area contributed by atoms with E-state index in [-0.39, 0.29) is 0 Å². The van der Waals surface area contributed by atoms with Crippen molar-refractivity contribution in [2.45, 2.75) is 25.8 Å². The van der Waals surface area contributed by atoms with Crippen LogP contribution in [-0.2, 0) is 0 Å². The van der Waals surface area contributed by atoms with E-state index in [2.05, 4.69) is 14.9 Å². The zero-order valence-electron chi connectivity index (χ0n) is 8.48. The Labute approximate surface area is 84.2 Å². The number of aromatic nitrogens is 2. The largest absolute Gasteiger partial charge is 0.355 e. The monoisotopic (exact) mass is 192 g/mol. The fourth-order valence-electron chi connectivity index (χ4n) is 1.82. The van der Waals surface area contributed by atoms with E-state index in [1.54, 1.807) is 12.4 Å². The summed E-state index contributed by atoms with van der Waals surface area (Å²) in [5.74, 6) is 1.01. The van der Waals surface area contributed by atoms with Crippen LogP contribution in [-0.4, -0.2) is 29.1 Å². The van der Waals surface area contributed by atoms with Crippen molar-refractivity contribution in [3.05, 3.63) is 18.1 Å². The predicted octanol–water partition coefficient (Wildman–Crippen LogP) is 0.713. The molecule has 14 heavy (non-hydrogen) atoms. The molecular formula is C10H16N4. The average molecular weight is 192 g/mol. The van der Waals surface area contributed by atoms with Crippen LogP contribution in [0.1, 0.15) is 18.5 Å². The van der Waals surface area contributed by atoms with Crippen LogP contribution in [0.5, 0.6) is 0 Å². The van der Waals surface area contributed by atoms with Crippen molar-refractivity contribution in [1.82, 2.24) is 9.97 Å². The van der Waals surface area contributed by atoms with Gasteiger partial charge in [-0.05, 0) is 19.8 Å². The highest BCUT2D eigenvalue weighted by Crippen LogP contribution is 2.18. The Hall–Kier alpha value is -1.16. The van der Waals surface area contributed by atoms with Crippen LogP contribution in [0.2, 0.25) is 0 Å². The van der Waals surface area contributed by atoms with E-state index in [4.69, 9.17) is 5.73 Å². The van der Waals surface area contributed by atoms with Crippen molar-refractivity contribution in [2.75, 3.05) is 18.0 Å². The van der Waals surface area contributed by atoms with E-state index in [0.717, 1.165) is 37.4 Å². The molecule has 1 aliphatic heterocycles. The van der Waals surface area contributed by atoms with Gasteiger partial charge in [-0.1, -0.05) is 0 Å². The first-order valence-electron chi connectivity index (χ1n) is 5.05. The summed E-state index contributed by atoms with van der Waals surface area (Å²) in [7, 11) is 0. The molecule has 0 spiro atoms. The summed E-state index contributed by atoms with van der Waals surface area (Å²) in [6.07, 6.45) is 5.58. The lowest BCUT2D eigenvalue weighted by atomic mass is 10.1. The second kappa shape index (κ2) is 3.92. The van der Waals surface area contributed by atoms with E-state index in [0.29, 0.717) is 6.04 Å². The van der Waals surface area contributed by atoms with E-state index < -0.39 is 0 Å². The second-order valence-electron chi connectivity index (χ2n) is 3.79. The summed E-state index contributed by atoms with van der Waals surface area (Å²) in [4.78, 5) is 10.9. The van der Waals surface area contributed by atoms with E-state index >= 15 is 0 Å². The fraction of sp³-hybridized carbons (Fsp3) is 0.600. The topological polar surface area (TPSA) is 55.0 Å². The molecule has 4 heteroatoms. The minimum atomic E-state index is 0.364. The molecule has 1 fully saturated rings. The van der Waals surface area contributed by atoms with E-state index in [1.807, 2.05) is 6.92 Å². The van der Waals surface area contributed by atoms with Crippen LogP contribution in [0.15, 0.2) is 12.4 Å². The molecule has 0 bridgehead atoms. The van der Waals surface area contributed by atoms with Gasteiger partial charge >= 0.3 is 0 Å². The Bertz CT molecular complexity index is 305. The molecule has 0 unspecified atom stereocenters. The Morgan fingerprint density at radius 1 is 1.29 bits per heavy atom. The van der Waals surface area contributed by atoms with Gasteiger partial charge in [0.1, 0.15) is 5.82 Å². The molecule has 0 aliphatic carbocycles.